The van der Waals surface area contributed by atoms with Crippen LogP contribution < -0.4 is 5.32 Å². The molecule has 0 radical (unpaired) electrons. The SMILES string of the molecule is Cc1c(C(C)NC(=O)c2cccc(-c3ncc[nH]3)c2)cnn1-c1cccc(F)c1. The van der Waals surface area contributed by atoms with E-state index in [2.05, 4.69) is 20.4 Å². The van der Waals surface area contributed by atoms with Crippen LogP contribution in [0.25, 0.3) is 17.1 Å². The fourth-order valence-electron chi connectivity index (χ4n) is 3.30. The molecule has 7 heteroatoms. The third-order valence-corrected chi connectivity index (χ3v) is 4.81. The Bertz CT molecular complexity index is 1150. The normalized spacial score (nSPS) is 12.0. The topological polar surface area (TPSA) is 75.6 Å². The van der Waals surface area contributed by atoms with Gasteiger partial charge in [-0.1, -0.05) is 18.2 Å². The number of nitrogens with one attached hydrogen (secondary N) is 2. The van der Waals surface area contributed by atoms with Gasteiger partial charge in [-0.3, -0.25) is 4.79 Å². The quantitative estimate of drug-likeness (QED) is 0.537. The summed E-state index contributed by atoms with van der Waals surface area (Å²) < 4.78 is 15.2. The molecule has 0 aliphatic heterocycles. The number of H-pyrrole nitrogens is 1. The predicted molar refractivity (Wildman–Crippen MR) is 108 cm³/mol. The van der Waals surface area contributed by atoms with E-state index in [4.69, 9.17) is 0 Å². The first-order chi connectivity index (χ1) is 14.0. The van der Waals surface area contributed by atoms with Crippen molar-refractivity contribution in [1.82, 2.24) is 25.1 Å². The molecule has 2 heterocycles. The third kappa shape index (κ3) is 3.80. The lowest BCUT2D eigenvalue weighted by Gasteiger charge is -2.14. The Labute approximate surface area is 167 Å². The molecule has 2 aromatic heterocycles. The van der Waals surface area contributed by atoms with Gasteiger partial charge in [-0.05, 0) is 44.2 Å². The first kappa shape index (κ1) is 18.6. The van der Waals surface area contributed by atoms with Gasteiger partial charge in [0.05, 0.1) is 17.9 Å². The minimum atomic E-state index is -0.322. The van der Waals surface area contributed by atoms with Gasteiger partial charge in [0.2, 0.25) is 0 Å². The Kier molecular flexibility index (Phi) is 4.95. The molecular formula is C22H20FN5O. The highest BCUT2D eigenvalue weighted by molar-refractivity contribution is 5.95. The zero-order valence-corrected chi connectivity index (χ0v) is 16.1. The number of carbonyl (C=O) groups is 1. The summed E-state index contributed by atoms with van der Waals surface area (Å²) in [7, 11) is 0. The van der Waals surface area contributed by atoms with Gasteiger partial charge in [0, 0.05) is 34.8 Å². The molecule has 6 nitrogen and oxygen atoms in total. The van der Waals surface area contributed by atoms with Gasteiger partial charge in [0.25, 0.3) is 5.91 Å². The number of nitrogens with zero attached hydrogens (tertiary/aromatic N) is 3. The molecule has 4 rings (SSSR count). The number of halogens is 1. The van der Waals surface area contributed by atoms with Crippen molar-refractivity contribution in [1.29, 1.82) is 0 Å². The molecule has 2 aromatic carbocycles. The number of hydrogen-bond donors (Lipinski definition) is 2. The third-order valence-electron chi connectivity index (χ3n) is 4.81. The monoisotopic (exact) mass is 389 g/mol. The number of benzene rings is 2. The predicted octanol–water partition coefficient (Wildman–Crippen LogP) is 4.20. The molecule has 0 aliphatic rings. The van der Waals surface area contributed by atoms with Gasteiger partial charge in [-0.2, -0.15) is 5.10 Å². The fraction of sp³-hybridized carbons (Fsp3) is 0.136. The Morgan fingerprint density at radius 1 is 1.21 bits per heavy atom. The van der Waals surface area contributed by atoms with Gasteiger partial charge < -0.3 is 10.3 Å². The Balaban J connectivity index is 1.53. The van der Waals surface area contributed by atoms with Crippen molar-refractivity contribution in [3.05, 3.63) is 89.8 Å². The number of amides is 1. The molecule has 29 heavy (non-hydrogen) atoms. The van der Waals surface area contributed by atoms with Crippen LogP contribution >= 0.6 is 0 Å². The van der Waals surface area contributed by atoms with Gasteiger partial charge in [0.1, 0.15) is 11.6 Å². The summed E-state index contributed by atoms with van der Waals surface area (Å²) in [5.74, 6) is 0.195. The summed E-state index contributed by atoms with van der Waals surface area (Å²) in [6.45, 7) is 3.79. The van der Waals surface area contributed by atoms with E-state index in [0.717, 1.165) is 16.8 Å². The lowest BCUT2D eigenvalue weighted by molar-refractivity contribution is 0.0940. The van der Waals surface area contributed by atoms with Crippen molar-refractivity contribution < 1.29 is 9.18 Å². The molecule has 0 aliphatic carbocycles. The second-order valence-corrected chi connectivity index (χ2v) is 6.79. The van der Waals surface area contributed by atoms with E-state index >= 15 is 0 Å². The van der Waals surface area contributed by atoms with Crippen molar-refractivity contribution in [2.24, 2.45) is 0 Å². The second kappa shape index (κ2) is 7.71. The van der Waals surface area contributed by atoms with Crippen molar-refractivity contribution in [3.63, 3.8) is 0 Å². The Hall–Kier alpha value is -3.74. The average Bonchev–Trinajstić information content (AvgIpc) is 3.38. The smallest absolute Gasteiger partial charge is 0.251 e. The molecular weight excluding hydrogens is 369 g/mol. The van der Waals surface area contributed by atoms with E-state index in [0.29, 0.717) is 17.1 Å². The van der Waals surface area contributed by atoms with Crippen molar-refractivity contribution >= 4 is 5.91 Å². The Morgan fingerprint density at radius 2 is 2.03 bits per heavy atom. The molecule has 0 spiro atoms. The molecule has 4 aromatic rings. The summed E-state index contributed by atoms with van der Waals surface area (Å²) in [4.78, 5) is 20.0. The molecule has 146 valence electrons. The molecule has 1 amide bonds. The summed E-state index contributed by atoms with van der Waals surface area (Å²) in [6, 6.07) is 13.3. The summed E-state index contributed by atoms with van der Waals surface area (Å²) in [6.07, 6.45) is 5.11. The van der Waals surface area contributed by atoms with Crippen molar-refractivity contribution in [2.75, 3.05) is 0 Å². The highest BCUT2D eigenvalue weighted by Crippen LogP contribution is 2.22. The van der Waals surface area contributed by atoms with E-state index in [1.807, 2.05) is 26.0 Å². The summed E-state index contributed by atoms with van der Waals surface area (Å²) >= 11 is 0. The number of hydrogen-bond acceptors (Lipinski definition) is 3. The van der Waals surface area contributed by atoms with Crippen LogP contribution in [0.4, 0.5) is 4.39 Å². The zero-order valence-electron chi connectivity index (χ0n) is 16.1. The molecule has 1 unspecified atom stereocenters. The summed E-state index contributed by atoms with van der Waals surface area (Å²) in [5, 5.41) is 7.37. The zero-order chi connectivity index (χ0) is 20.4. The highest BCUT2D eigenvalue weighted by Gasteiger charge is 2.18. The van der Waals surface area contributed by atoms with Crippen LogP contribution in [0.3, 0.4) is 0 Å². The van der Waals surface area contributed by atoms with E-state index in [1.54, 1.807) is 47.5 Å². The largest absolute Gasteiger partial charge is 0.345 e. The highest BCUT2D eigenvalue weighted by atomic mass is 19.1. The van der Waals surface area contributed by atoms with Crippen LogP contribution in [0.1, 0.15) is 34.6 Å². The first-order valence-corrected chi connectivity index (χ1v) is 9.24. The van der Waals surface area contributed by atoms with Crippen molar-refractivity contribution in [2.45, 2.75) is 19.9 Å². The molecule has 0 bridgehead atoms. The maximum atomic E-state index is 13.5. The lowest BCUT2D eigenvalue weighted by Crippen LogP contribution is -2.27. The number of imidazole rings is 1. The lowest BCUT2D eigenvalue weighted by atomic mass is 10.1. The maximum Gasteiger partial charge on any atom is 0.251 e. The Morgan fingerprint density at radius 3 is 2.79 bits per heavy atom. The van der Waals surface area contributed by atoms with Gasteiger partial charge in [-0.15, -0.1) is 0 Å². The number of rotatable bonds is 5. The maximum absolute atomic E-state index is 13.5. The molecule has 1 atom stereocenters. The van der Waals surface area contributed by atoms with Gasteiger partial charge >= 0.3 is 0 Å². The van der Waals surface area contributed by atoms with E-state index in [9.17, 15) is 9.18 Å². The fourth-order valence-corrected chi connectivity index (χ4v) is 3.30. The number of aromatic amines is 1. The molecule has 2 N–H and O–H groups in total. The van der Waals surface area contributed by atoms with Crippen LogP contribution in [0.2, 0.25) is 0 Å². The van der Waals surface area contributed by atoms with Crippen molar-refractivity contribution in [3.8, 4) is 17.1 Å². The van der Waals surface area contributed by atoms with Crippen LogP contribution in [-0.2, 0) is 0 Å². The summed E-state index contributed by atoms with van der Waals surface area (Å²) in [5.41, 5.74) is 3.72. The number of aromatic nitrogens is 4. The van der Waals surface area contributed by atoms with Gasteiger partial charge in [-0.25, -0.2) is 14.1 Å². The molecule has 0 fully saturated rings. The second-order valence-electron chi connectivity index (χ2n) is 6.79. The van der Waals surface area contributed by atoms with E-state index < -0.39 is 0 Å². The van der Waals surface area contributed by atoms with E-state index in [-0.39, 0.29) is 17.8 Å². The average molecular weight is 389 g/mol. The first-order valence-electron chi connectivity index (χ1n) is 9.24. The minimum absolute atomic E-state index is 0.191. The van der Waals surface area contributed by atoms with Crippen LogP contribution in [0.5, 0.6) is 0 Å². The standard InChI is InChI=1S/C22H20FN5O/c1-14(20-13-26-28(15(20)2)19-8-4-7-18(23)12-19)27-22(29)17-6-3-5-16(11-17)21-24-9-10-25-21/h3-14H,1-2H3,(H,24,25)(H,27,29). The van der Waals surface area contributed by atoms with Crippen LogP contribution in [0.15, 0.2) is 67.1 Å². The van der Waals surface area contributed by atoms with Crippen LogP contribution in [0, 0.1) is 12.7 Å². The number of carbonyl (C=O) groups excluding carboxylic acids is 1. The van der Waals surface area contributed by atoms with E-state index in [1.165, 1.54) is 12.1 Å². The van der Waals surface area contributed by atoms with Crippen LogP contribution in [-0.4, -0.2) is 25.7 Å². The minimum Gasteiger partial charge on any atom is -0.345 e. The molecule has 0 saturated heterocycles. The van der Waals surface area contributed by atoms with Gasteiger partial charge in [0.15, 0.2) is 0 Å². The molecule has 0 saturated carbocycles.